The van der Waals surface area contributed by atoms with Crippen LogP contribution in [0.4, 0.5) is 8.78 Å². The van der Waals surface area contributed by atoms with E-state index in [0.717, 1.165) is 0 Å². The van der Waals surface area contributed by atoms with E-state index >= 15 is 0 Å². The minimum absolute atomic E-state index is 0.0671. The highest BCUT2D eigenvalue weighted by Crippen LogP contribution is 1.96. The molecule has 0 nitrogen and oxygen atoms in total. The van der Waals surface area contributed by atoms with E-state index in [1.807, 2.05) is 0 Å². The van der Waals surface area contributed by atoms with Crippen molar-refractivity contribution in [1.82, 2.24) is 0 Å². The largest absolute Gasteiger partial charge is 0.225 e. The molecule has 0 heterocycles. The van der Waals surface area contributed by atoms with E-state index in [2.05, 4.69) is 11.6 Å². The molecular weight excluding hydrogens is 109 g/mol. The molecule has 0 radical (unpaired) electrons. The Balaban J connectivity index is 3.03. The molecule has 0 aliphatic rings. The Morgan fingerprint density at radius 1 is 1.67 bits per heavy atom. The van der Waals surface area contributed by atoms with Crippen molar-refractivity contribution in [2.24, 2.45) is 0 Å². The Kier molecular flexibility index (Phi) is 3.04. The summed E-state index contributed by atoms with van der Waals surface area (Å²) < 4.78 is 21.9. The number of rotatable bonds is 1. The van der Waals surface area contributed by atoms with Gasteiger partial charge in [-0.2, -0.15) is 0 Å². The van der Waals surface area contributed by atoms with Crippen LogP contribution in [-0.4, -0.2) is 5.63 Å². The molecule has 36 valence electrons. The van der Waals surface area contributed by atoms with Crippen LogP contribution in [0.15, 0.2) is 12.4 Å². The minimum atomic E-state index is -1.69. The van der Waals surface area contributed by atoms with Crippen molar-refractivity contribution in [2.75, 3.05) is 0 Å². The van der Waals surface area contributed by atoms with Crippen molar-refractivity contribution >= 4 is 11.6 Å². The Morgan fingerprint density at radius 3 is 2.17 bits per heavy atom. The van der Waals surface area contributed by atoms with Crippen LogP contribution in [0.1, 0.15) is 0 Å². The highest BCUT2D eigenvalue weighted by Gasteiger charge is 1.86. The average molecular weight is 113 g/mol. The van der Waals surface area contributed by atoms with Crippen molar-refractivity contribution in [2.45, 2.75) is 5.63 Å². The van der Waals surface area contributed by atoms with Crippen LogP contribution in [0.5, 0.6) is 0 Å². The Morgan fingerprint density at radius 2 is 2.17 bits per heavy atom. The second kappa shape index (κ2) is 3.09. The van der Waals surface area contributed by atoms with E-state index in [4.69, 9.17) is 0 Å². The molecule has 0 rings (SSSR count). The number of halogens is 3. The fourth-order valence-corrected chi connectivity index (χ4v) is 0.110. The number of alkyl halides is 2. The van der Waals surface area contributed by atoms with Gasteiger partial charge in [0.1, 0.15) is 0 Å². The molecule has 3 heteroatoms. The van der Waals surface area contributed by atoms with E-state index in [9.17, 15) is 8.78 Å². The maximum atomic E-state index is 11.1. The van der Waals surface area contributed by atoms with Gasteiger partial charge >= 0.3 is 0 Å². The van der Waals surface area contributed by atoms with Gasteiger partial charge in [-0.05, 0) is 6.08 Å². The molecule has 0 saturated heterocycles. The van der Waals surface area contributed by atoms with Crippen molar-refractivity contribution in [3.63, 3.8) is 0 Å². The zero-order chi connectivity index (χ0) is 4.99. The molecule has 0 N–H and O–H groups in total. The van der Waals surface area contributed by atoms with E-state index in [1.165, 1.54) is 0 Å². The first-order chi connectivity index (χ1) is 2.77. The van der Waals surface area contributed by atoms with Gasteiger partial charge in [-0.15, -0.1) is 0 Å². The van der Waals surface area contributed by atoms with Crippen molar-refractivity contribution in [1.29, 1.82) is 0 Å². The number of allylic oxidation sites excluding steroid dienone is 1. The van der Waals surface area contributed by atoms with Gasteiger partial charge in [0.15, 0.2) is 5.63 Å². The first kappa shape index (κ1) is 5.89. The number of hydrogen-bond acceptors (Lipinski definition) is 0. The van der Waals surface area contributed by atoms with Gasteiger partial charge in [-0.1, -0.05) is 11.6 Å². The number of hydrogen-bond donors (Lipinski definition) is 0. The van der Waals surface area contributed by atoms with E-state index < -0.39 is 5.63 Å². The van der Waals surface area contributed by atoms with Gasteiger partial charge in [-0.3, -0.25) is 0 Å². The van der Waals surface area contributed by atoms with Crippen LogP contribution in [0.2, 0.25) is 0 Å². The molecule has 1 atom stereocenters. The zero-order valence-electron chi connectivity index (χ0n) is 2.87. The smallest absolute Gasteiger partial charge is 0.194 e. The lowest BCUT2D eigenvalue weighted by atomic mass is 10.7. The van der Waals surface area contributed by atoms with Gasteiger partial charge in [0.2, 0.25) is 0 Å². The third kappa shape index (κ3) is 3.89. The lowest BCUT2D eigenvalue weighted by molar-refractivity contribution is 0.506. The summed E-state index contributed by atoms with van der Waals surface area (Å²) in [6.45, 7) is 0. The zero-order valence-corrected chi connectivity index (χ0v) is 3.62. The Hall–Kier alpha value is -0.110. The standard InChI is InChI=1S/C3H3ClF2/c4-3(6)1-2-5/h1-3H/b2-1+. The summed E-state index contributed by atoms with van der Waals surface area (Å²) in [7, 11) is 0. The van der Waals surface area contributed by atoms with Crippen molar-refractivity contribution < 1.29 is 8.78 Å². The first-order valence-electron chi connectivity index (χ1n) is 1.32. The van der Waals surface area contributed by atoms with Crippen LogP contribution >= 0.6 is 11.6 Å². The molecule has 0 saturated carbocycles. The molecule has 0 spiro atoms. The van der Waals surface area contributed by atoms with Gasteiger partial charge in [0, 0.05) is 0 Å². The molecule has 1 unspecified atom stereocenters. The van der Waals surface area contributed by atoms with Gasteiger partial charge in [-0.25, -0.2) is 8.78 Å². The summed E-state index contributed by atoms with van der Waals surface area (Å²) in [5, 5.41) is 0. The normalized spacial score (nSPS) is 15.8. The van der Waals surface area contributed by atoms with Gasteiger partial charge < -0.3 is 0 Å². The van der Waals surface area contributed by atoms with E-state index in [0.29, 0.717) is 6.08 Å². The summed E-state index contributed by atoms with van der Waals surface area (Å²) in [5.41, 5.74) is -1.69. The highest BCUT2D eigenvalue weighted by atomic mass is 35.5. The molecule has 0 amide bonds. The maximum Gasteiger partial charge on any atom is 0.194 e. The topological polar surface area (TPSA) is 0 Å². The Bertz CT molecular complexity index is 50.8. The SMILES string of the molecule is F/C=C/C(F)Cl. The summed E-state index contributed by atoms with van der Waals surface area (Å²) in [6.07, 6.45) is 0.666. The molecular formula is C3H3ClF2. The quantitative estimate of drug-likeness (QED) is 0.455. The third-order valence-corrected chi connectivity index (χ3v) is 0.364. The highest BCUT2D eigenvalue weighted by molar-refractivity contribution is 6.20. The van der Waals surface area contributed by atoms with Crippen molar-refractivity contribution in [3.8, 4) is 0 Å². The monoisotopic (exact) mass is 112 g/mol. The van der Waals surface area contributed by atoms with E-state index in [-0.39, 0.29) is 6.33 Å². The molecule has 6 heavy (non-hydrogen) atoms. The fraction of sp³-hybridized carbons (Fsp3) is 0.333. The lowest BCUT2D eigenvalue weighted by Gasteiger charge is -1.78. The van der Waals surface area contributed by atoms with Gasteiger partial charge in [0.25, 0.3) is 0 Å². The minimum Gasteiger partial charge on any atom is -0.225 e. The summed E-state index contributed by atoms with van der Waals surface area (Å²) in [4.78, 5) is 0. The van der Waals surface area contributed by atoms with Crippen LogP contribution < -0.4 is 0 Å². The summed E-state index contributed by atoms with van der Waals surface area (Å²) >= 11 is 4.58. The molecule has 0 bridgehead atoms. The Labute approximate surface area is 39.4 Å². The second-order valence-electron chi connectivity index (χ2n) is 0.653. The maximum absolute atomic E-state index is 11.1. The van der Waals surface area contributed by atoms with Crippen molar-refractivity contribution in [3.05, 3.63) is 12.4 Å². The van der Waals surface area contributed by atoms with Gasteiger partial charge in [0.05, 0.1) is 6.33 Å². The molecule has 0 aromatic heterocycles. The summed E-state index contributed by atoms with van der Waals surface area (Å²) in [6, 6.07) is 0. The predicted molar refractivity (Wildman–Crippen MR) is 21.0 cm³/mol. The van der Waals surface area contributed by atoms with E-state index in [1.54, 1.807) is 0 Å². The molecule has 0 aliphatic heterocycles. The first-order valence-corrected chi connectivity index (χ1v) is 1.76. The molecule has 0 aliphatic carbocycles. The summed E-state index contributed by atoms with van der Waals surface area (Å²) in [5.74, 6) is 0. The fourth-order valence-electron chi connectivity index (χ4n) is 0.0550. The molecule has 0 aromatic carbocycles. The van der Waals surface area contributed by atoms with Crippen LogP contribution in [0, 0.1) is 0 Å². The third-order valence-electron chi connectivity index (χ3n) is 0.218. The average Bonchev–Trinajstić information content (AvgIpc) is 1.35. The molecule has 0 aromatic rings. The van der Waals surface area contributed by atoms with Crippen LogP contribution in [0.25, 0.3) is 0 Å². The predicted octanol–water partition coefficient (Wildman–Crippen LogP) is 2.00. The lowest BCUT2D eigenvalue weighted by Crippen LogP contribution is -1.73. The van der Waals surface area contributed by atoms with Crippen LogP contribution in [-0.2, 0) is 0 Å². The molecule has 0 fully saturated rings. The van der Waals surface area contributed by atoms with Crippen LogP contribution in [0.3, 0.4) is 0 Å². The second-order valence-corrected chi connectivity index (χ2v) is 1.07.